The fourth-order valence-electron chi connectivity index (χ4n) is 1.56. The molecular weight excluding hydrogens is 220 g/mol. The summed E-state index contributed by atoms with van der Waals surface area (Å²) in [5, 5.41) is 8.78. The van der Waals surface area contributed by atoms with Gasteiger partial charge in [0.1, 0.15) is 6.54 Å². The molecule has 0 aliphatic heterocycles. The van der Waals surface area contributed by atoms with Crippen LogP contribution < -0.4 is 5.73 Å². The lowest BCUT2D eigenvalue weighted by molar-refractivity contribution is -0.145. The van der Waals surface area contributed by atoms with Crippen molar-refractivity contribution in [1.82, 2.24) is 4.90 Å². The second-order valence-corrected chi connectivity index (χ2v) is 5.82. The summed E-state index contributed by atoms with van der Waals surface area (Å²) in [7, 11) is 0. The van der Waals surface area contributed by atoms with Gasteiger partial charge in [0, 0.05) is 18.5 Å². The van der Waals surface area contributed by atoms with E-state index >= 15 is 0 Å². The topological polar surface area (TPSA) is 83.6 Å². The van der Waals surface area contributed by atoms with Crippen LogP contribution in [0.15, 0.2) is 0 Å². The minimum atomic E-state index is -0.963. The van der Waals surface area contributed by atoms with Crippen LogP contribution in [0.2, 0.25) is 0 Å². The number of amides is 1. The molecule has 1 unspecified atom stereocenters. The average molecular weight is 242 g/mol. The number of carboxylic acids is 1. The quantitative estimate of drug-likeness (QED) is 0.747. The minimum absolute atomic E-state index is 0.116. The van der Waals surface area contributed by atoms with Crippen LogP contribution in [-0.2, 0) is 9.59 Å². The van der Waals surface area contributed by atoms with E-state index in [0.29, 0.717) is 0 Å². The molecule has 0 heterocycles. The minimum Gasteiger partial charge on any atom is -0.480 e. The maximum Gasteiger partial charge on any atom is 0.323 e. The summed E-state index contributed by atoms with van der Waals surface area (Å²) in [6.07, 6.45) is 2.03. The van der Waals surface area contributed by atoms with Gasteiger partial charge in [-0.15, -0.1) is 0 Å². The zero-order valence-corrected chi connectivity index (χ0v) is 10.8. The second-order valence-electron chi connectivity index (χ2n) is 5.82. The highest BCUT2D eigenvalue weighted by molar-refractivity contribution is 5.82. The van der Waals surface area contributed by atoms with Gasteiger partial charge >= 0.3 is 5.97 Å². The van der Waals surface area contributed by atoms with E-state index in [-0.39, 0.29) is 36.4 Å². The number of hydrogen-bond acceptors (Lipinski definition) is 3. The number of carbonyl (C=O) groups excluding carboxylic acids is 1. The van der Waals surface area contributed by atoms with E-state index in [4.69, 9.17) is 10.8 Å². The maximum absolute atomic E-state index is 12.0. The van der Waals surface area contributed by atoms with Gasteiger partial charge < -0.3 is 15.7 Å². The lowest BCUT2D eigenvalue weighted by Gasteiger charge is -2.29. The van der Waals surface area contributed by atoms with Crippen molar-refractivity contribution >= 4 is 11.9 Å². The third-order valence-corrected chi connectivity index (χ3v) is 3.12. The van der Waals surface area contributed by atoms with Gasteiger partial charge in [-0.1, -0.05) is 20.8 Å². The second kappa shape index (κ2) is 5.04. The van der Waals surface area contributed by atoms with E-state index in [9.17, 15) is 9.59 Å². The first-order chi connectivity index (χ1) is 7.71. The highest BCUT2D eigenvalue weighted by Gasteiger charge is 2.35. The SMILES string of the molecule is CC(C)(C)C(N)CC(=O)N(CC(=O)O)C1CC1. The Morgan fingerprint density at radius 2 is 1.94 bits per heavy atom. The van der Waals surface area contributed by atoms with Crippen molar-refractivity contribution in [2.75, 3.05) is 6.54 Å². The highest BCUT2D eigenvalue weighted by atomic mass is 16.4. The molecule has 1 aliphatic rings. The van der Waals surface area contributed by atoms with Gasteiger partial charge in [-0.05, 0) is 18.3 Å². The number of nitrogens with zero attached hydrogens (tertiary/aromatic N) is 1. The number of hydrogen-bond donors (Lipinski definition) is 2. The molecule has 1 saturated carbocycles. The van der Waals surface area contributed by atoms with Gasteiger partial charge in [0.05, 0.1) is 0 Å². The van der Waals surface area contributed by atoms with Crippen molar-refractivity contribution in [3.8, 4) is 0 Å². The van der Waals surface area contributed by atoms with Crippen molar-refractivity contribution in [2.45, 2.75) is 52.1 Å². The first-order valence-corrected chi connectivity index (χ1v) is 5.98. The summed E-state index contributed by atoms with van der Waals surface area (Å²) in [4.78, 5) is 24.2. The van der Waals surface area contributed by atoms with Crippen LogP contribution in [0.4, 0.5) is 0 Å². The van der Waals surface area contributed by atoms with Crippen LogP contribution in [0.25, 0.3) is 0 Å². The molecule has 5 nitrogen and oxygen atoms in total. The van der Waals surface area contributed by atoms with Gasteiger partial charge in [0.25, 0.3) is 0 Å². The normalized spacial score (nSPS) is 17.6. The van der Waals surface area contributed by atoms with Gasteiger partial charge in [0.15, 0.2) is 0 Å². The van der Waals surface area contributed by atoms with Crippen LogP contribution in [0.1, 0.15) is 40.0 Å². The monoisotopic (exact) mass is 242 g/mol. The van der Waals surface area contributed by atoms with Gasteiger partial charge in [0.2, 0.25) is 5.91 Å². The Hall–Kier alpha value is -1.10. The van der Waals surface area contributed by atoms with Crippen molar-refractivity contribution in [3.63, 3.8) is 0 Å². The maximum atomic E-state index is 12.0. The first-order valence-electron chi connectivity index (χ1n) is 5.98. The summed E-state index contributed by atoms with van der Waals surface area (Å²) < 4.78 is 0. The van der Waals surface area contributed by atoms with Crippen LogP contribution >= 0.6 is 0 Å². The fraction of sp³-hybridized carbons (Fsp3) is 0.833. The van der Waals surface area contributed by atoms with Crippen LogP contribution in [0.3, 0.4) is 0 Å². The van der Waals surface area contributed by atoms with Gasteiger partial charge in [-0.2, -0.15) is 0 Å². The van der Waals surface area contributed by atoms with Crippen LogP contribution in [0.5, 0.6) is 0 Å². The summed E-state index contributed by atoms with van der Waals surface area (Å²) in [5.74, 6) is -1.10. The number of carbonyl (C=O) groups is 2. The van der Waals surface area contributed by atoms with Crippen LogP contribution in [-0.4, -0.2) is 40.5 Å². The van der Waals surface area contributed by atoms with E-state index < -0.39 is 5.97 Å². The predicted octanol–water partition coefficient (Wildman–Crippen LogP) is 0.826. The van der Waals surface area contributed by atoms with E-state index in [2.05, 4.69) is 0 Å². The summed E-state index contributed by atoms with van der Waals surface area (Å²) in [6, 6.07) is -0.129. The average Bonchev–Trinajstić information content (AvgIpc) is 2.95. The molecule has 0 aromatic carbocycles. The molecule has 98 valence electrons. The molecule has 0 saturated heterocycles. The Balaban J connectivity index is 2.56. The first kappa shape index (κ1) is 14.0. The molecule has 1 amide bonds. The zero-order chi connectivity index (χ0) is 13.2. The predicted molar refractivity (Wildman–Crippen MR) is 64.4 cm³/mol. The highest BCUT2D eigenvalue weighted by Crippen LogP contribution is 2.28. The van der Waals surface area contributed by atoms with Gasteiger partial charge in [-0.3, -0.25) is 9.59 Å². The molecule has 1 aliphatic carbocycles. The lowest BCUT2D eigenvalue weighted by atomic mass is 9.85. The number of rotatable bonds is 5. The molecule has 1 fully saturated rings. The Labute approximate surface area is 102 Å². The van der Waals surface area contributed by atoms with Gasteiger partial charge in [-0.25, -0.2) is 0 Å². The molecule has 0 aromatic heterocycles. The Kier molecular flexibility index (Phi) is 4.14. The molecule has 1 rings (SSSR count). The van der Waals surface area contributed by atoms with Crippen molar-refractivity contribution < 1.29 is 14.7 Å². The Bertz CT molecular complexity index is 305. The molecule has 1 atom stereocenters. The summed E-state index contributed by atoms with van der Waals surface area (Å²) in [6.45, 7) is 5.72. The lowest BCUT2D eigenvalue weighted by Crippen LogP contribution is -2.44. The number of carboxylic acid groups (broad SMARTS) is 1. The molecule has 3 N–H and O–H groups in total. The molecular formula is C12H22N2O3. The van der Waals surface area contributed by atoms with Crippen LogP contribution in [0, 0.1) is 5.41 Å². The number of nitrogens with two attached hydrogens (primary N) is 1. The Morgan fingerprint density at radius 1 is 1.41 bits per heavy atom. The van der Waals surface area contributed by atoms with E-state index in [1.165, 1.54) is 4.90 Å². The largest absolute Gasteiger partial charge is 0.480 e. The third-order valence-electron chi connectivity index (χ3n) is 3.12. The van der Waals surface area contributed by atoms with Crippen molar-refractivity contribution in [2.24, 2.45) is 11.1 Å². The molecule has 0 aromatic rings. The molecule has 5 heteroatoms. The summed E-state index contributed by atoms with van der Waals surface area (Å²) >= 11 is 0. The smallest absolute Gasteiger partial charge is 0.323 e. The third kappa shape index (κ3) is 4.34. The standard InChI is InChI=1S/C12H22N2O3/c1-12(2,3)9(13)6-10(15)14(7-11(16)17)8-4-5-8/h8-9H,4-7,13H2,1-3H3,(H,16,17). The molecule has 0 bridgehead atoms. The Morgan fingerprint density at radius 3 is 2.29 bits per heavy atom. The number of aliphatic carboxylic acids is 1. The zero-order valence-electron chi connectivity index (χ0n) is 10.8. The fourth-order valence-corrected chi connectivity index (χ4v) is 1.56. The molecule has 17 heavy (non-hydrogen) atoms. The van der Waals surface area contributed by atoms with Crippen molar-refractivity contribution in [3.05, 3.63) is 0 Å². The van der Waals surface area contributed by atoms with Crippen molar-refractivity contribution in [1.29, 1.82) is 0 Å². The summed E-state index contributed by atoms with van der Waals surface area (Å²) in [5.41, 5.74) is 5.80. The molecule has 0 spiro atoms. The van der Waals surface area contributed by atoms with E-state index in [0.717, 1.165) is 12.8 Å². The molecule has 0 radical (unpaired) electrons. The van der Waals surface area contributed by atoms with E-state index in [1.807, 2.05) is 20.8 Å². The van der Waals surface area contributed by atoms with E-state index in [1.54, 1.807) is 0 Å².